The number of amides is 1. The number of carbonyl (C=O) groups excluding carboxylic acids is 1. The van der Waals surface area contributed by atoms with Gasteiger partial charge in [-0.05, 0) is 43.9 Å². The Balaban J connectivity index is 1.40. The molecule has 0 saturated heterocycles. The lowest BCUT2D eigenvalue weighted by atomic mass is 9.87. The minimum atomic E-state index is -0.126. The van der Waals surface area contributed by atoms with Crippen LogP contribution >= 0.6 is 11.8 Å². The molecule has 3 aromatic rings. The molecular weight excluding hydrogens is 368 g/mol. The summed E-state index contributed by atoms with van der Waals surface area (Å²) in [5.74, 6) is 1.39. The first-order valence-corrected chi connectivity index (χ1v) is 10.6. The lowest BCUT2D eigenvalue weighted by molar-refractivity contribution is -0.116. The van der Waals surface area contributed by atoms with Gasteiger partial charge in [-0.15, -0.1) is 10.2 Å². The number of carbonyl (C=O) groups is 1. The largest absolute Gasteiger partial charge is 0.311 e. The summed E-state index contributed by atoms with van der Waals surface area (Å²) in [7, 11) is 0. The molecule has 5 rings (SSSR count). The zero-order valence-corrected chi connectivity index (χ0v) is 16.9. The van der Waals surface area contributed by atoms with Crippen molar-refractivity contribution in [3.8, 4) is 11.4 Å². The Bertz CT molecular complexity index is 1070. The average Bonchev–Trinajstić information content (AvgIpc) is 3.31. The molecule has 0 bridgehead atoms. The van der Waals surface area contributed by atoms with Gasteiger partial charge in [-0.3, -0.25) is 9.36 Å². The monoisotopic (exact) mass is 390 g/mol. The predicted octanol–water partition coefficient (Wildman–Crippen LogP) is 3.92. The van der Waals surface area contributed by atoms with Gasteiger partial charge in [0.25, 0.3) is 0 Å². The second-order valence-corrected chi connectivity index (χ2v) is 8.94. The van der Waals surface area contributed by atoms with E-state index in [1.54, 1.807) is 0 Å². The Morgan fingerprint density at radius 3 is 2.68 bits per heavy atom. The molecule has 142 valence electrons. The van der Waals surface area contributed by atoms with Crippen molar-refractivity contribution >= 4 is 23.4 Å². The van der Waals surface area contributed by atoms with Crippen molar-refractivity contribution in [2.45, 2.75) is 37.4 Å². The summed E-state index contributed by atoms with van der Waals surface area (Å²) in [5, 5.41) is 9.73. The van der Waals surface area contributed by atoms with E-state index < -0.39 is 0 Å². The lowest BCUT2D eigenvalue weighted by Crippen LogP contribution is -2.34. The summed E-state index contributed by atoms with van der Waals surface area (Å²) < 4.78 is 2.20. The molecular formula is C22H22N4OS. The molecule has 2 aliphatic rings. The van der Waals surface area contributed by atoms with E-state index in [1.165, 1.54) is 22.9 Å². The van der Waals surface area contributed by atoms with Crippen LogP contribution in [0.5, 0.6) is 0 Å². The van der Waals surface area contributed by atoms with E-state index in [1.807, 2.05) is 29.2 Å². The number of nitrogens with zero attached hydrogens (tertiary/aromatic N) is 4. The van der Waals surface area contributed by atoms with Crippen molar-refractivity contribution in [1.29, 1.82) is 0 Å². The summed E-state index contributed by atoms with van der Waals surface area (Å²) >= 11 is 1.49. The van der Waals surface area contributed by atoms with Gasteiger partial charge in [0.15, 0.2) is 11.0 Å². The molecule has 0 atom stereocenters. The van der Waals surface area contributed by atoms with Crippen molar-refractivity contribution < 1.29 is 4.79 Å². The second kappa shape index (κ2) is 6.48. The van der Waals surface area contributed by atoms with Crippen molar-refractivity contribution in [3.05, 3.63) is 59.7 Å². The normalized spacial score (nSPS) is 16.4. The molecule has 28 heavy (non-hydrogen) atoms. The zero-order valence-electron chi connectivity index (χ0n) is 16.1. The quantitative estimate of drug-likeness (QED) is 0.636. The number of thioether (sulfide) groups is 1. The molecule has 0 unspecified atom stereocenters. The van der Waals surface area contributed by atoms with Crippen molar-refractivity contribution in [3.63, 3.8) is 0 Å². The molecule has 1 amide bonds. The van der Waals surface area contributed by atoms with E-state index in [2.05, 4.69) is 52.9 Å². The molecule has 3 heterocycles. The van der Waals surface area contributed by atoms with Gasteiger partial charge in [0.05, 0.1) is 5.75 Å². The maximum atomic E-state index is 12.9. The summed E-state index contributed by atoms with van der Waals surface area (Å²) in [5.41, 5.74) is 4.61. The third-order valence-electron chi connectivity index (χ3n) is 5.63. The topological polar surface area (TPSA) is 51.0 Å². The van der Waals surface area contributed by atoms with Crippen molar-refractivity contribution in [1.82, 2.24) is 14.8 Å². The third-order valence-corrected chi connectivity index (χ3v) is 6.55. The highest BCUT2D eigenvalue weighted by atomic mass is 32.2. The fourth-order valence-electron chi connectivity index (χ4n) is 4.32. The van der Waals surface area contributed by atoms with E-state index in [9.17, 15) is 4.79 Å². The predicted molar refractivity (Wildman–Crippen MR) is 112 cm³/mol. The number of hydrogen-bond acceptors (Lipinski definition) is 4. The van der Waals surface area contributed by atoms with Crippen LogP contribution in [0.25, 0.3) is 11.4 Å². The van der Waals surface area contributed by atoms with Crippen LogP contribution in [-0.4, -0.2) is 33.0 Å². The van der Waals surface area contributed by atoms with Crippen LogP contribution in [0, 0.1) is 0 Å². The number of benzene rings is 2. The van der Waals surface area contributed by atoms with Crippen LogP contribution in [0.15, 0.2) is 53.7 Å². The van der Waals surface area contributed by atoms with E-state index in [-0.39, 0.29) is 11.4 Å². The minimum Gasteiger partial charge on any atom is -0.311 e. The highest BCUT2D eigenvalue weighted by Crippen LogP contribution is 2.39. The van der Waals surface area contributed by atoms with E-state index in [4.69, 9.17) is 0 Å². The maximum absolute atomic E-state index is 12.9. The van der Waals surface area contributed by atoms with Crippen molar-refractivity contribution in [2.24, 2.45) is 0 Å². The Hall–Kier alpha value is -2.60. The number of rotatable bonds is 3. The molecule has 0 aliphatic carbocycles. The molecule has 2 aliphatic heterocycles. The van der Waals surface area contributed by atoms with Gasteiger partial charge in [0.1, 0.15) is 0 Å². The van der Waals surface area contributed by atoms with Crippen LogP contribution in [0.2, 0.25) is 0 Å². The van der Waals surface area contributed by atoms with E-state index in [0.717, 1.165) is 41.6 Å². The first-order chi connectivity index (χ1) is 13.5. The number of para-hydroxylation sites is 1. The standard InChI is InChI=1S/C22H22N4OS/c1-22(2)13-16-8-3-5-9-17(16)20-23-24-21(26(20)22)28-14-19(27)25-12-11-15-7-4-6-10-18(15)25/h3-10H,11-14H2,1-2H3. The number of fused-ring (bicyclic) bond motifs is 4. The minimum absolute atomic E-state index is 0.126. The van der Waals surface area contributed by atoms with Crippen LogP contribution in [0.1, 0.15) is 25.0 Å². The average molecular weight is 391 g/mol. The number of aromatic nitrogens is 3. The van der Waals surface area contributed by atoms with Crippen LogP contribution in [-0.2, 0) is 23.2 Å². The van der Waals surface area contributed by atoms with Gasteiger partial charge in [0, 0.05) is 23.3 Å². The smallest absolute Gasteiger partial charge is 0.237 e. The molecule has 0 fully saturated rings. The molecule has 0 spiro atoms. The van der Waals surface area contributed by atoms with Gasteiger partial charge in [-0.25, -0.2) is 0 Å². The zero-order chi connectivity index (χ0) is 19.3. The summed E-state index contributed by atoms with van der Waals surface area (Å²) in [4.78, 5) is 14.8. The first kappa shape index (κ1) is 17.5. The SMILES string of the molecule is CC1(C)Cc2ccccc2-c2nnc(SCC(=O)N3CCc4ccccc43)n21. The molecule has 1 aromatic heterocycles. The Kier molecular flexibility index (Phi) is 4.05. The van der Waals surface area contributed by atoms with Gasteiger partial charge < -0.3 is 4.90 Å². The number of hydrogen-bond donors (Lipinski definition) is 0. The molecule has 0 radical (unpaired) electrons. The van der Waals surface area contributed by atoms with Gasteiger partial charge >= 0.3 is 0 Å². The highest BCUT2D eigenvalue weighted by Gasteiger charge is 2.34. The fourth-order valence-corrected chi connectivity index (χ4v) is 5.29. The highest BCUT2D eigenvalue weighted by molar-refractivity contribution is 7.99. The summed E-state index contributed by atoms with van der Waals surface area (Å²) in [6.45, 7) is 5.17. The van der Waals surface area contributed by atoms with Gasteiger partial charge in [-0.1, -0.05) is 54.2 Å². The Morgan fingerprint density at radius 2 is 1.82 bits per heavy atom. The van der Waals surface area contributed by atoms with Gasteiger partial charge in [-0.2, -0.15) is 0 Å². The van der Waals surface area contributed by atoms with Crippen LogP contribution in [0.4, 0.5) is 5.69 Å². The molecule has 0 saturated carbocycles. The van der Waals surface area contributed by atoms with E-state index in [0.29, 0.717) is 5.75 Å². The molecule has 0 N–H and O–H groups in total. The van der Waals surface area contributed by atoms with Crippen LogP contribution < -0.4 is 4.90 Å². The summed E-state index contributed by atoms with van der Waals surface area (Å²) in [6.07, 6.45) is 1.85. The number of anilines is 1. The van der Waals surface area contributed by atoms with Crippen molar-refractivity contribution in [2.75, 3.05) is 17.2 Å². The lowest BCUT2D eigenvalue weighted by Gasteiger charge is -2.34. The Labute approximate surface area is 168 Å². The maximum Gasteiger partial charge on any atom is 0.237 e. The fraction of sp³-hybridized carbons (Fsp3) is 0.318. The van der Waals surface area contributed by atoms with Crippen LogP contribution in [0.3, 0.4) is 0 Å². The Morgan fingerprint density at radius 1 is 1.07 bits per heavy atom. The third kappa shape index (κ3) is 2.75. The van der Waals surface area contributed by atoms with Gasteiger partial charge in [0.2, 0.25) is 5.91 Å². The molecule has 6 heteroatoms. The second-order valence-electron chi connectivity index (χ2n) is 8.00. The summed E-state index contributed by atoms with van der Waals surface area (Å²) in [6, 6.07) is 16.5. The van der Waals surface area contributed by atoms with E-state index >= 15 is 0 Å². The molecule has 2 aromatic carbocycles. The molecule has 5 nitrogen and oxygen atoms in total. The first-order valence-electron chi connectivity index (χ1n) is 9.60.